The molecule has 2 aliphatic rings. The van der Waals surface area contributed by atoms with Crippen LogP contribution in [-0.2, 0) is 4.79 Å². The van der Waals surface area contributed by atoms with E-state index in [1.807, 2.05) is 0 Å². The number of hydrogen-bond donors (Lipinski definition) is 1. The summed E-state index contributed by atoms with van der Waals surface area (Å²) in [5.41, 5.74) is 3.04. The summed E-state index contributed by atoms with van der Waals surface area (Å²) in [7, 11) is 0. The standard InChI is InChI=1S/C16H18ClN3O3/c1-16-7-3-2-4-11(16)14(16)15(21)19-18-9-10-5-6-12(17)13(8-10)20(22)23/h5-6,8-9,11,14H,2-4,7H2,1H3,(H,19,21)/b18-9-/t11-,14-,16-/m0/s1. The Morgan fingerprint density at radius 2 is 2.30 bits per heavy atom. The summed E-state index contributed by atoms with van der Waals surface area (Å²) in [6.45, 7) is 2.17. The number of hydrogen-bond acceptors (Lipinski definition) is 4. The van der Waals surface area contributed by atoms with E-state index in [0.717, 1.165) is 12.8 Å². The summed E-state index contributed by atoms with van der Waals surface area (Å²) in [6.07, 6.45) is 6.00. The lowest BCUT2D eigenvalue weighted by atomic mass is 9.90. The first-order valence-electron chi connectivity index (χ1n) is 7.70. The van der Waals surface area contributed by atoms with Gasteiger partial charge in [0.25, 0.3) is 5.69 Å². The number of nitrogens with one attached hydrogen (secondary N) is 1. The van der Waals surface area contributed by atoms with Crippen LogP contribution in [0.2, 0.25) is 5.02 Å². The summed E-state index contributed by atoms with van der Waals surface area (Å²) >= 11 is 5.75. The van der Waals surface area contributed by atoms with E-state index in [-0.39, 0.29) is 28.0 Å². The predicted molar refractivity (Wildman–Crippen MR) is 87.4 cm³/mol. The lowest BCUT2D eigenvalue weighted by Gasteiger charge is -2.15. The SMILES string of the molecule is C[C@]12CCCC[C@H]1[C@H]2C(=O)N/N=C\c1ccc(Cl)c([N+](=O)[O-])c1. The Morgan fingerprint density at radius 1 is 1.52 bits per heavy atom. The fraction of sp³-hybridized carbons (Fsp3) is 0.500. The normalized spacial score (nSPS) is 29.1. The molecule has 1 aromatic rings. The maximum absolute atomic E-state index is 12.2. The van der Waals surface area contributed by atoms with Crippen molar-refractivity contribution >= 4 is 29.4 Å². The first-order valence-corrected chi connectivity index (χ1v) is 8.08. The highest BCUT2D eigenvalue weighted by Crippen LogP contribution is 2.66. The quantitative estimate of drug-likeness (QED) is 0.519. The molecule has 0 heterocycles. The van der Waals surface area contributed by atoms with E-state index in [4.69, 9.17) is 11.6 Å². The predicted octanol–water partition coefficient (Wildman–Crippen LogP) is 3.52. The highest BCUT2D eigenvalue weighted by atomic mass is 35.5. The highest BCUT2D eigenvalue weighted by Gasteiger charge is 2.64. The van der Waals surface area contributed by atoms with Gasteiger partial charge in [-0.25, -0.2) is 5.43 Å². The molecular formula is C16H18ClN3O3. The summed E-state index contributed by atoms with van der Waals surface area (Å²) in [5, 5.41) is 14.8. The zero-order valence-corrected chi connectivity index (χ0v) is 13.5. The van der Waals surface area contributed by atoms with Gasteiger partial charge in [-0.2, -0.15) is 5.10 Å². The van der Waals surface area contributed by atoms with Crippen molar-refractivity contribution in [1.29, 1.82) is 0 Å². The number of nitro groups is 1. The van der Waals surface area contributed by atoms with Crippen molar-refractivity contribution in [3.63, 3.8) is 0 Å². The summed E-state index contributed by atoms with van der Waals surface area (Å²) in [4.78, 5) is 22.5. The molecule has 2 aliphatic carbocycles. The third kappa shape index (κ3) is 2.95. The van der Waals surface area contributed by atoms with Crippen molar-refractivity contribution in [3.05, 3.63) is 38.9 Å². The third-order valence-corrected chi connectivity index (χ3v) is 5.49. The van der Waals surface area contributed by atoms with Gasteiger partial charge in [0, 0.05) is 17.5 Å². The zero-order valence-electron chi connectivity index (χ0n) is 12.8. The lowest BCUT2D eigenvalue weighted by molar-refractivity contribution is -0.384. The summed E-state index contributed by atoms with van der Waals surface area (Å²) in [6, 6.07) is 4.39. The molecule has 3 atom stereocenters. The van der Waals surface area contributed by atoms with Crippen LogP contribution in [0.25, 0.3) is 0 Å². The number of amides is 1. The zero-order chi connectivity index (χ0) is 16.6. The Hall–Kier alpha value is -1.95. The van der Waals surface area contributed by atoms with Crippen molar-refractivity contribution in [2.75, 3.05) is 0 Å². The van der Waals surface area contributed by atoms with E-state index in [0.29, 0.717) is 11.5 Å². The molecule has 1 amide bonds. The number of rotatable bonds is 4. The molecule has 122 valence electrons. The van der Waals surface area contributed by atoms with Crippen LogP contribution in [0.4, 0.5) is 5.69 Å². The number of nitro benzene ring substituents is 1. The molecule has 2 saturated carbocycles. The van der Waals surface area contributed by atoms with Crippen molar-refractivity contribution in [1.82, 2.24) is 5.43 Å². The summed E-state index contributed by atoms with van der Waals surface area (Å²) < 4.78 is 0. The van der Waals surface area contributed by atoms with Crippen molar-refractivity contribution in [2.45, 2.75) is 32.6 Å². The average molecular weight is 336 g/mol. The third-order valence-electron chi connectivity index (χ3n) is 5.17. The van der Waals surface area contributed by atoms with E-state index in [2.05, 4.69) is 17.5 Å². The lowest BCUT2D eigenvalue weighted by Crippen LogP contribution is -2.22. The van der Waals surface area contributed by atoms with Gasteiger partial charge >= 0.3 is 0 Å². The first-order chi connectivity index (χ1) is 10.9. The van der Waals surface area contributed by atoms with Crippen LogP contribution in [0.3, 0.4) is 0 Å². The van der Waals surface area contributed by atoms with E-state index >= 15 is 0 Å². The minimum absolute atomic E-state index is 0.0432. The Balaban J connectivity index is 1.62. The smallest absolute Gasteiger partial charge is 0.273 e. The Bertz CT molecular complexity index is 691. The first kappa shape index (κ1) is 15.9. The van der Waals surface area contributed by atoms with Gasteiger partial charge in [0.15, 0.2) is 0 Å². The van der Waals surface area contributed by atoms with E-state index in [1.165, 1.54) is 31.2 Å². The second kappa shape index (κ2) is 5.92. The van der Waals surface area contributed by atoms with Gasteiger partial charge in [-0.1, -0.05) is 37.4 Å². The van der Waals surface area contributed by atoms with E-state index in [9.17, 15) is 14.9 Å². The second-order valence-corrected chi connectivity index (χ2v) is 6.95. The van der Waals surface area contributed by atoms with Gasteiger partial charge in [0.05, 0.1) is 11.1 Å². The van der Waals surface area contributed by atoms with Gasteiger partial charge in [0.2, 0.25) is 5.91 Å². The minimum Gasteiger partial charge on any atom is -0.273 e. The molecule has 2 fully saturated rings. The molecule has 0 aromatic heterocycles. The van der Waals surface area contributed by atoms with Crippen molar-refractivity contribution < 1.29 is 9.72 Å². The maximum atomic E-state index is 12.2. The van der Waals surface area contributed by atoms with Crippen LogP contribution in [-0.4, -0.2) is 17.0 Å². The molecule has 0 radical (unpaired) electrons. The highest BCUT2D eigenvalue weighted by molar-refractivity contribution is 6.32. The molecule has 3 rings (SSSR count). The molecular weight excluding hydrogens is 318 g/mol. The van der Waals surface area contributed by atoms with Gasteiger partial charge in [-0.05, 0) is 30.2 Å². The molecule has 1 N–H and O–H groups in total. The number of halogens is 1. The average Bonchev–Trinajstić information content (AvgIpc) is 3.14. The van der Waals surface area contributed by atoms with Crippen molar-refractivity contribution in [2.24, 2.45) is 22.4 Å². The van der Waals surface area contributed by atoms with Gasteiger partial charge in [0.1, 0.15) is 5.02 Å². The molecule has 23 heavy (non-hydrogen) atoms. The maximum Gasteiger partial charge on any atom is 0.288 e. The van der Waals surface area contributed by atoms with Gasteiger partial charge in [-0.15, -0.1) is 0 Å². The van der Waals surface area contributed by atoms with Crippen LogP contribution in [0.1, 0.15) is 38.2 Å². The molecule has 7 heteroatoms. The molecule has 0 bridgehead atoms. The minimum atomic E-state index is -0.548. The number of fused-ring (bicyclic) bond motifs is 1. The van der Waals surface area contributed by atoms with Crippen LogP contribution in [0, 0.1) is 27.4 Å². The largest absolute Gasteiger partial charge is 0.288 e. The van der Waals surface area contributed by atoms with Crippen LogP contribution in [0.15, 0.2) is 23.3 Å². The van der Waals surface area contributed by atoms with E-state index in [1.54, 1.807) is 6.07 Å². The fourth-order valence-electron chi connectivity index (χ4n) is 3.84. The van der Waals surface area contributed by atoms with E-state index < -0.39 is 4.92 Å². The Kier molecular flexibility index (Phi) is 4.10. The molecule has 0 saturated heterocycles. The van der Waals surface area contributed by atoms with Crippen LogP contribution in [0.5, 0.6) is 0 Å². The topological polar surface area (TPSA) is 84.6 Å². The molecule has 0 aliphatic heterocycles. The van der Waals surface area contributed by atoms with Crippen LogP contribution < -0.4 is 5.43 Å². The molecule has 1 aromatic carbocycles. The number of nitrogens with zero attached hydrogens (tertiary/aromatic N) is 2. The molecule has 0 unspecified atom stereocenters. The van der Waals surface area contributed by atoms with Crippen molar-refractivity contribution in [3.8, 4) is 0 Å². The van der Waals surface area contributed by atoms with Gasteiger partial charge in [-0.3, -0.25) is 14.9 Å². The Morgan fingerprint density at radius 3 is 2.96 bits per heavy atom. The number of hydrazone groups is 1. The molecule has 6 nitrogen and oxygen atoms in total. The monoisotopic (exact) mass is 335 g/mol. The second-order valence-electron chi connectivity index (χ2n) is 6.54. The fourth-order valence-corrected chi connectivity index (χ4v) is 4.03. The van der Waals surface area contributed by atoms with Gasteiger partial charge < -0.3 is 0 Å². The summed E-state index contributed by atoms with van der Waals surface area (Å²) in [5.74, 6) is 0.462. The Labute approximate surface area is 139 Å². The number of carbonyl (C=O) groups is 1. The number of benzene rings is 1. The number of carbonyl (C=O) groups excluding carboxylic acids is 1. The molecule has 0 spiro atoms. The van der Waals surface area contributed by atoms with Crippen LogP contribution >= 0.6 is 11.6 Å².